The number of nitrogens with one attached hydrogen (secondary N) is 1. The van der Waals surface area contributed by atoms with Gasteiger partial charge in [-0.3, -0.25) is 4.79 Å². The summed E-state index contributed by atoms with van der Waals surface area (Å²) < 4.78 is 11.3. The van der Waals surface area contributed by atoms with Crippen molar-refractivity contribution < 1.29 is 14.3 Å². The highest BCUT2D eigenvalue weighted by Gasteiger charge is 2.22. The Morgan fingerprint density at radius 1 is 1.15 bits per heavy atom. The van der Waals surface area contributed by atoms with Crippen molar-refractivity contribution in [1.82, 2.24) is 5.32 Å². The molecule has 1 N–H and O–H groups in total. The summed E-state index contributed by atoms with van der Waals surface area (Å²) in [5, 5.41) is 3.17. The van der Waals surface area contributed by atoms with E-state index in [1.54, 1.807) is 0 Å². The fourth-order valence-corrected chi connectivity index (χ4v) is 3.36. The highest BCUT2D eigenvalue weighted by molar-refractivity contribution is 5.80. The number of hydrogen-bond acceptors (Lipinski definition) is 3. The van der Waals surface area contributed by atoms with E-state index in [0.717, 1.165) is 37.9 Å². The van der Waals surface area contributed by atoms with Gasteiger partial charge < -0.3 is 14.8 Å². The maximum absolute atomic E-state index is 12.7. The van der Waals surface area contributed by atoms with Crippen LogP contribution in [0.3, 0.4) is 0 Å². The molecule has 1 saturated heterocycles. The lowest BCUT2D eigenvalue weighted by molar-refractivity contribution is -0.134. The fourth-order valence-electron chi connectivity index (χ4n) is 3.36. The molecule has 144 valence electrons. The Labute approximate surface area is 161 Å². The van der Waals surface area contributed by atoms with E-state index < -0.39 is 6.10 Å². The molecule has 0 bridgehead atoms. The molecule has 0 aromatic heterocycles. The summed E-state index contributed by atoms with van der Waals surface area (Å²) in [5.41, 5.74) is 2.39. The van der Waals surface area contributed by atoms with Crippen molar-refractivity contribution in [2.45, 2.75) is 50.9 Å². The van der Waals surface area contributed by atoms with Crippen LogP contribution in [0.5, 0.6) is 0 Å². The number of rotatable bonds is 9. The Morgan fingerprint density at radius 2 is 1.85 bits per heavy atom. The van der Waals surface area contributed by atoms with Crippen LogP contribution in [0.15, 0.2) is 60.7 Å². The summed E-state index contributed by atoms with van der Waals surface area (Å²) >= 11 is 0. The summed E-state index contributed by atoms with van der Waals surface area (Å²) in [7, 11) is 0. The third-order valence-electron chi connectivity index (χ3n) is 5.01. The van der Waals surface area contributed by atoms with E-state index in [4.69, 9.17) is 9.47 Å². The molecule has 4 heteroatoms. The number of ether oxygens (including phenoxy) is 2. The molecule has 0 aliphatic carbocycles. The summed E-state index contributed by atoms with van der Waals surface area (Å²) in [5.74, 6) is -0.0742. The zero-order valence-electron chi connectivity index (χ0n) is 16.0. The van der Waals surface area contributed by atoms with Crippen LogP contribution in [-0.2, 0) is 20.7 Å². The van der Waals surface area contributed by atoms with E-state index in [0.29, 0.717) is 6.61 Å². The van der Waals surface area contributed by atoms with Crippen LogP contribution < -0.4 is 5.32 Å². The van der Waals surface area contributed by atoms with Gasteiger partial charge in [0.05, 0.1) is 18.8 Å². The van der Waals surface area contributed by atoms with Crippen LogP contribution >= 0.6 is 0 Å². The quantitative estimate of drug-likeness (QED) is 0.727. The van der Waals surface area contributed by atoms with E-state index in [1.807, 2.05) is 43.3 Å². The first-order chi connectivity index (χ1) is 13.2. The molecular formula is C23H29NO3. The number of benzene rings is 2. The third kappa shape index (κ3) is 6.19. The Morgan fingerprint density at radius 3 is 2.52 bits per heavy atom. The number of hydrogen-bond donors (Lipinski definition) is 1. The second-order valence-electron chi connectivity index (χ2n) is 7.11. The van der Waals surface area contributed by atoms with Crippen molar-refractivity contribution in [3.8, 4) is 0 Å². The van der Waals surface area contributed by atoms with Gasteiger partial charge in [0.2, 0.25) is 5.91 Å². The molecule has 1 amide bonds. The van der Waals surface area contributed by atoms with Crippen LogP contribution in [0.2, 0.25) is 0 Å². The predicted octanol–water partition coefficient (Wildman–Crippen LogP) is 4.06. The average molecular weight is 367 g/mol. The first kappa shape index (κ1) is 19.6. The molecule has 1 aliphatic rings. The number of carbonyl (C=O) groups excluding carboxylic acids is 1. The first-order valence-corrected chi connectivity index (χ1v) is 9.85. The van der Waals surface area contributed by atoms with Crippen LogP contribution in [0.1, 0.15) is 43.4 Å². The van der Waals surface area contributed by atoms with E-state index in [2.05, 4.69) is 29.6 Å². The first-order valence-electron chi connectivity index (χ1n) is 9.85. The van der Waals surface area contributed by atoms with Gasteiger partial charge in [0, 0.05) is 6.61 Å². The van der Waals surface area contributed by atoms with Gasteiger partial charge in [0.15, 0.2) is 0 Å². The molecule has 0 spiro atoms. The SMILES string of the molecule is CC(OCC1CCCO1)C(=O)NC(CCc1ccccc1)c1ccccc1. The normalized spacial score (nSPS) is 18.8. The van der Waals surface area contributed by atoms with Crippen molar-refractivity contribution in [3.05, 3.63) is 71.8 Å². The van der Waals surface area contributed by atoms with Crippen LogP contribution in [0.25, 0.3) is 0 Å². The summed E-state index contributed by atoms with van der Waals surface area (Å²) in [4.78, 5) is 12.7. The number of amides is 1. The van der Waals surface area contributed by atoms with Crippen LogP contribution in [0, 0.1) is 0 Å². The third-order valence-corrected chi connectivity index (χ3v) is 5.01. The topological polar surface area (TPSA) is 47.6 Å². The minimum atomic E-state index is -0.489. The Kier molecular flexibility index (Phi) is 7.43. The molecule has 27 heavy (non-hydrogen) atoms. The van der Waals surface area contributed by atoms with Crippen LogP contribution in [0.4, 0.5) is 0 Å². The van der Waals surface area contributed by atoms with Gasteiger partial charge in [-0.1, -0.05) is 60.7 Å². The molecule has 1 aliphatic heterocycles. The minimum Gasteiger partial charge on any atom is -0.376 e. The zero-order valence-corrected chi connectivity index (χ0v) is 16.0. The molecule has 3 atom stereocenters. The monoisotopic (exact) mass is 367 g/mol. The Bertz CT molecular complexity index is 683. The lowest BCUT2D eigenvalue weighted by Gasteiger charge is -2.22. The number of carbonyl (C=O) groups is 1. The van der Waals surface area contributed by atoms with Gasteiger partial charge >= 0.3 is 0 Å². The van der Waals surface area contributed by atoms with Crippen molar-refractivity contribution in [2.24, 2.45) is 0 Å². The Hall–Kier alpha value is -2.17. The van der Waals surface area contributed by atoms with Gasteiger partial charge in [-0.15, -0.1) is 0 Å². The van der Waals surface area contributed by atoms with Gasteiger partial charge in [0.1, 0.15) is 6.10 Å². The lowest BCUT2D eigenvalue weighted by Crippen LogP contribution is -2.38. The molecule has 1 heterocycles. The molecule has 0 saturated carbocycles. The van der Waals surface area contributed by atoms with Crippen LogP contribution in [-0.4, -0.2) is 31.3 Å². The maximum atomic E-state index is 12.7. The van der Waals surface area contributed by atoms with Gasteiger partial charge in [-0.05, 0) is 43.7 Å². The molecular weight excluding hydrogens is 338 g/mol. The predicted molar refractivity (Wildman–Crippen MR) is 106 cm³/mol. The van der Waals surface area contributed by atoms with E-state index in [1.165, 1.54) is 5.56 Å². The molecule has 2 aromatic rings. The van der Waals surface area contributed by atoms with Gasteiger partial charge in [-0.25, -0.2) is 0 Å². The van der Waals surface area contributed by atoms with Crippen molar-refractivity contribution in [2.75, 3.05) is 13.2 Å². The van der Waals surface area contributed by atoms with E-state index in [-0.39, 0.29) is 18.1 Å². The second-order valence-corrected chi connectivity index (χ2v) is 7.11. The van der Waals surface area contributed by atoms with Crippen molar-refractivity contribution >= 4 is 5.91 Å². The largest absolute Gasteiger partial charge is 0.376 e. The highest BCUT2D eigenvalue weighted by Crippen LogP contribution is 2.20. The molecule has 3 unspecified atom stereocenters. The fraction of sp³-hybridized carbons (Fsp3) is 0.435. The average Bonchev–Trinajstić information content (AvgIpc) is 3.24. The van der Waals surface area contributed by atoms with E-state index >= 15 is 0 Å². The lowest BCUT2D eigenvalue weighted by atomic mass is 9.98. The number of aryl methyl sites for hydroxylation is 1. The summed E-state index contributed by atoms with van der Waals surface area (Å²) in [6.07, 6.45) is 3.48. The molecule has 0 radical (unpaired) electrons. The van der Waals surface area contributed by atoms with E-state index in [9.17, 15) is 4.79 Å². The molecule has 1 fully saturated rings. The standard InChI is InChI=1S/C23H29NO3/c1-18(27-17-21-13-8-16-26-21)23(25)24-22(20-11-6-3-7-12-20)15-14-19-9-4-2-5-10-19/h2-7,9-12,18,21-22H,8,13-17H2,1H3,(H,24,25). The molecule has 2 aromatic carbocycles. The minimum absolute atomic E-state index is 0.0345. The maximum Gasteiger partial charge on any atom is 0.249 e. The van der Waals surface area contributed by atoms with Crippen molar-refractivity contribution in [1.29, 1.82) is 0 Å². The van der Waals surface area contributed by atoms with Crippen molar-refractivity contribution in [3.63, 3.8) is 0 Å². The van der Waals surface area contributed by atoms with Gasteiger partial charge in [0.25, 0.3) is 0 Å². The molecule has 4 nitrogen and oxygen atoms in total. The van der Waals surface area contributed by atoms with Gasteiger partial charge in [-0.2, -0.15) is 0 Å². The smallest absolute Gasteiger partial charge is 0.249 e. The zero-order chi connectivity index (χ0) is 18.9. The summed E-state index contributed by atoms with van der Waals surface area (Å²) in [6.45, 7) is 3.09. The second kappa shape index (κ2) is 10.2. The highest BCUT2D eigenvalue weighted by atomic mass is 16.5. The molecule has 3 rings (SSSR count). The summed E-state index contributed by atoms with van der Waals surface area (Å²) in [6, 6.07) is 20.5. The Balaban J connectivity index is 1.57.